The summed E-state index contributed by atoms with van der Waals surface area (Å²) < 4.78 is 0. The highest BCUT2D eigenvalue weighted by Gasteiger charge is 2.31. The molecule has 0 amide bonds. The molecule has 1 aliphatic rings. The second-order valence-electron chi connectivity index (χ2n) is 6.86. The fraction of sp³-hybridized carbons (Fsp3) is 1.00. The molecule has 1 N–H and O–H groups in total. The van der Waals surface area contributed by atoms with E-state index in [9.17, 15) is 0 Å². The van der Waals surface area contributed by atoms with Crippen LogP contribution in [0, 0.1) is 17.8 Å². The minimum atomic E-state index is 0.754. The van der Waals surface area contributed by atoms with Crippen molar-refractivity contribution >= 4 is 0 Å². The molecule has 1 saturated carbocycles. The van der Waals surface area contributed by atoms with E-state index in [1.165, 1.54) is 45.2 Å². The molecule has 2 nitrogen and oxygen atoms in total. The third-order valence-electron chi connectivity index (χ3n) is 4.87. The molecule has 0 saturated heterocycles. The highest BCUT2D eigenvalue weighted by atomic mass is 15.1. The molecule has 0 aromatic heterocycles. The van der Waals surface area contributed by atoms with Gasteiger partial charge in [0.05, 0.1) is 0 Å². The Hall–Kier alpha value is -0.0800. The topological polar surface area (TPSA) is 15.3 Å². The van der Waals surface area contributed by atoms with Gasteiger partial charge in [-0.2, -0.15) is 0 Å². The summed E-state index contributed by atoms with van der Waals surface area (Å²) in [6.07, 6.45) is 6.86. The third kappa shape index (κ3) is 5.83. The Morgan fingerprint density at radius 3 is 2.53 bits per heavy atom. The number of nitrogens with zero attached hydrogens (tertiary/aromatic N) is 1. The molecular weight excluding hydrogens is 232 g/mol. The van der Waals surface area contributed by atoms with E-state index in [4.69, 9.17) is 0 Å². The predicted octanol–water partition coefficient (Wildman–Crippen LogP) is 3.77. The zero-order chi connectivity index (χ0) is 14.3. The summed E-state index contributed by atoms with van der Waals surface area (Å²) in [6.45, 7) is 13.0. The molecule has 3 unspecified atom stereocenters. The van der Waals surface area contributed by atoms with Crippen molar-refractivity contribution in [2.75, 3.05) is 26.7 Å². The van der Waals surface area contributed by atoms with Gasteiger partial charge in [0, 0.05) is 12.6 Å². The normalized spacial score (nSPS) is 28.3. The van der Waals surface area contributed by atoms with Crippen LogP contribution in [-0.4, -0.2) is 37.6 Å². The molecule has 3 atom stereocenters. The number of rotatable bonds is 8. The van der Waals surface area contributed by atoms with E-state index in [1.54, 1.807) is 0 Å². The molecule has 0 heterocycles. The van der Waals surface area contributed by atoms with E-state index in [2.05, 4.69) is 45.0 Å². The Bertz CT molecular complexity index is 227. The van der Waals surface area contributed by atoms with Gasteiger partial charge in [-0.05, 0) is 63.6 Å². The van der Waals surface area contributed by atoms with E-state index in [0.717, 1.165) is 30.3 Å². The quantitative estimate of drug-likeness (QED) is 0.721. The fourth-order valence-electron chi connectivity index (χ4n) is 3.56. The van der Waals surface area contributed by atoms with Gasteiger partial charge < -0.3 is 10.2 Å². The predicted molar refractivity (Wildman–Crippen MR) is 85.5 cm³/mol. The standard InChI is InChI=1S/C17H36N2/c1-6-8-11-19(5)13-16-12-15(14(3)4)9-10-17(16)18-7-2/h14-18H,6-13H2,1-5H3. The van der Waals surface area contributed by atoms with Crippen LogP contribution >= 0.6 is 0 Å². The van der Waals surface area contributed by atoms with Crippen LogP contribution in [0.15, 0.2) is 0 Å². The van der Waals surface area contributed by atoms with Gasteiger partial charge in [-0.25, -0.2) is 0 Å². The van der Waals surface area contributed by atoms with Gasteiger partial charge in [-0.15, -0.1) is 0 Å². The zero-order valence-electron chi connectivity index (χ0n) is 13.9. The first-order valence-corrected chi connectivity index (χ1v) is 8.50. The molecule has 0 radical (unpaired) electrons. The van der Waals surface area contributed by atoms with Gasteiger partial charge in [0.15, 0.2) is 0 Å². The van der Waals surface area contributed by atoms with Crippen LogP contribution in [0.3, 0.4) is 0 Å². The molecule has 0 spiro atoms. The Kier molecular flexibility index (Phi) is 8.01. The highest BCUT2D eigenvalue weighted by molar-refractivity contribution is 4.87. The molecule has 2 heteroatoms. The van der Waals surface area contributed by atoms with Gasteiger partial charge in [0.25, 0.3) is 0 Å². The smallest absolute Gasteiger partial charge is 0.0108 e. The van der Waals surface area contributed by atoms with Crippen LogP contribution in [0.25, 0.3) is 0 Å². The molecule has 0 aromatic carbocycles. The first kappa shape index (κ1) is 17.0. The summed E-state index contributed by atoms with van der Waals surface area (Å²) in [7, 11) is 2.30. The minimum Gasteiger partial charge on any atom is -0.314 e. The first-order chi connectivity index (χ1) is 9.08. The van der Waals surface area contributed by atoms with Crippen molar-refractivity contribution in [3.05, 3.63) is 0 Å². The monoisotopic (exact) mass is 268 g/mol. The van der Waals surface area contributed by atoms with Crippen molar-refractivity contribution in [1.29, 1.82) is 0 Å². The van der Waals surface area contributed by atoms with Gasteiger partial charge in [0.2, 0.25) is 0 Å². The van der Waals surface area contributed by atoms with Gasteiger partial charge >= 0.3 is 0 Å². The van der Waals surface area contributed by atoms with Crippen LogP contribution in [-0.2, 0) is 0 Å². The van der Waals surface area contributed by atoms with Gasteiger partial charge in [0.1, 0.15) is 0 Å². The van der Waals surface area contributed by atoms with Crippen LogP contribution in [0.2, 0.25) is 0 Å². The largest absolute Gasteiger partial charge is 0.314 e. The van der Waals surface area contributed by atoms with Crippen LogP contribution in [0.1, 0.15) is 59.8 Å². The molecule has 0 aliphatic heterocycles. The molecule has 0 aromatic rings. The third-order valence-corrected chi connectivity index (χ3v) is 4.87. The summed E-state index contributed by atoms with van der Waals surface area (Å²) in [4.78, 5) is 2.56. The van der Waals surface area contributed by atoms with Crippen LogP contribution in [0.4, 0.5) is 0 Å². The molecule has 114 valence electrons. The van der Waals surface area contributed by atoms with Crippen molar-refractivity contribution in [3.63, 3.8) is 0 Å². The van der Waals surface area contributed by atoms with Gasteiger partial charge in [-0.3, -0.25) is 0 Å². The summed E-state index contributed by atoms with van der Waals surface area (Å²) in [5, 5.41) is 3.73. The van der Waals surface area contributed by atoms with E-state index in [1.807, 2.05) is 0 Å². The lowest BCUT2D eigenvalue weighted by molar-refractivity contribution is 0.132. The molecule has 1 fully saturated rings. The first-order valence-electron chi connectivity index (χ1n) is 8.50. The number of hydrogen-bond acceptors (Lipinski definition) is 2. The lowest BCUT2D eigenvalue weighted by Crippen LogP contribution is -2.46. The molecule has 19 heavy (non-hydrogen) atoms. The summed E-state index contributed by atoms with van der Waals surface area (Å²) in [5.74, 6) is 2.65. The lowest BCUT2D eigenvalue weighted by atomic mass is 9.73. The Morgan fingerprint density at radius 1 is 1.21 bits per heavy atom. The molecule has 0 bridgehead atoms. The average Bonchev–Trinajstić information content (AvgIpc) is 2.38. The number of unbranched alkanes of at least 4 members (excludes halogenated alkanes) is 1. The summed E-state index contributed by atoms with van der Waals surface area (Å²) in [6, 6.07) is 0.754. The number of hydrogen-bond donors (Lipinski definition) is 1. The van der Waals surface area contributed by atoms with E-state index >= 15 is 0 Å². The van der Waals surface area contributed by atoms with Crippen molar-refractivity contribution in [2.45, 2.75) is 65.8 Å². The minimum absolute atomic E-state index is 0.754. The lowest BCUT2D eigenvalue weighted by Gasteiger charge is -2.40. The highest BCUT2D eigenvalue weighted by Crippen LogP contribution is 2.34. The second kappa shape index (κ2) is 8.97. The Morgan fingerprint density at radius 2 is 1.95 bits per heavy atom. The Labute approximate surface area is 121 Å². The molecular formula is C17H36N2. The van der Waals surface area contributed by atoms with Gasteiger partial charge in [-0.1, -0.05) is 34.1 Å². The summed E-state index contributed by atoms with van der Waals surface area (Å²) in [5.41, 5.74) is 0. The summed E-state index contributed by atoms with van der Waals surface area (Å²) >= 11 is 0. The van der Waals surface area contributed by atoms with E-state index in [-0.39, 0.29) is 0 Å². The fourth-order valence-corrected chi connectivity index (χ4v) is 3.56. The van der Waals surface area contributed by atoms with Crippen molar-refractivity contribution < 1.29 is 0 Å². The van der Waals surface area contributed by atoms with Crippen LogP contribution in [0.5, 0.6) is 0 Å². The number of nitrogens with one attached hydrogen (secondary N) is 1. The van der Waals surface area contributed by atoms with Crippen LogP contribution < -0.4 is 5.32 Å². The maximum Gasteiger partial charge on any atom is 0.0108 e. The van der Waals surface area contributed by atoms with Crippen molar-refractivity contribution in [2.24, 2.45) is 17.8 Å². The second-order valence-corrected chi connectivity index (χ2v) is 6.86. The van der Waals surface area contributed by atoms with Crippen molar-refractivity contribution in [3.8, 4) is 0 Å². The SMILES string of the molecule is CCCCN(C)CC1CC(C(C)C)CCC1NCC. The van der Waals surface area contributed by atoms with Crippen molar-refractivity contribution in [1.82, 2.24) is 10.2 Å². The van der Waals surface area contributed by atoms with E-state index in [0.29, 0.717) is 0 Å². The maximum absolute atomic E-state index is 3.73. The Balaban J connectivity index is 2.50. The average molecular weight is 268 g/mol. The molecule has 1 aliphatic carbocycles. The van der Waals surface area contributed by atoms with E-state index < -0.39 is 0 Å². The molecule has 1 rings (SSSR count). The maximum atomic E-state index is 3.73. The zero-order valence-corrected chi connectivity index (χ0v) is 13.9.